The van der Waals surface area contributed by atoms with E-state index in [1.807, 2.05) is 0 Å². The highest BCUT2D eigenvalue weighted by atomic mass is 16.5. The lowest BCUT2D eigenvalue weighted by Gasteiger charge is -2.24. The van der Waals surface area contributed by atoms with Crippen LogP contribution in [0.2, 0.25) is 0 Å². The number of methoxy groups -OCH3 is 1. The van der Waals surface area contributed by atoms with Crippen LogP contribution in [0.15, 0.2) is 12.1 Å². The number of rotatable bonds is 3. The molecule has 0 spiro atoms. The molecule has 3 atom stereocenters. The van der Waals surface area contributed by atoms with E-state index in [2.05, 4.69) is 17.0 Å². The van der Waals surface area contributed by atoms with Gasteiger partial charge in [0.25, 0.3) is 0 Å². The molecule has 4 N–H and O–H groups in total. The minimum atomic E-state index is 0.168. The van der Waals surface area contributed by atoms with E-state index in [-0.39, 0.29) is 6.04 Å². The van der Waals surface area contributed by atoms with Crippen LogP contribution in [0.25, 0.3) is 0 Å². The summed E-state index contributed by atoms with van der Waals surface area (Å²) in [5.41, 5.74) is 14.7. The summed E-state index contributed by atoms with van der Waals surface area (Å²) in [6.45, 7) is 2.51. The number of hydrogen-bond acceptors (Lipinski definition) is 5. The van der Waals surface area contributed by atoms with Crippen LogP contribution in [-0.2, 0) is 17.6 Å². The van der Waals surface area contributed by atoms with Gasteiger partial charge in [0.2, 0.25) is 0 Å². The van der Waals surface area contributed by atoms with E-state index in [1.165, 1.54) is 11.3 Å². The van der Waals surface area contributed by atoms with E-state index in [1.54, 1.807) is 7.11 Å². The molecule has 3 unspecified atom stereocenters. The van der Waals surface area contributed by atoms with Gasteiger partial charge in [0.1, 0.15) is 5.82 Å². The molecular formula is C15H24N4O. The molecule has 0 bridgehead atoms. The van der Waals surface area contributed by atoms with Crippen LogP contribution < -0.4 is 16.4 Å². The summed E-state index contributed by atoms with van der Waals surface area (Å²) in [5.74, 6) is 1.44. The third kappa shape index (κ3) is 2.66. The topological polar surface area (TPSA) is 77.4 Å². The van der Waals surface area contributed by atoms with E-state index in [0.717, 1.165) is 44.8 Å². The van der Waals surface area contributed by atoms with Gasteiger partial charge in [-0.05, 0) is 30.9 Å². The first kappa shape index (κ1) is 13.8. The van der Waals surface area contributed by atoms with Crippen molar-refractivity contribution in [3.63, 3.8) is 0 Å². The fourth-order valence-electron chi connectivity index (χ4n) is 3.28. The first-order valence-electron chi connectivity index (χ1n) is 7.41. The number of fused-ring (bicyclic) bond motifs is 1. The zero-order valence-electron chi connectivity index (χ0n) is 12.1. The largest absolute Gasteiger partial charge is 0.384 e. The number of pyridine rings is 1. The van der Waals surface area contributed by atoms with Crippen molar-refractivity contribution >= 4 is 5.82 Å². The van der Waals surface area contributed by atoms with Gasteiger partial charge >= 0.3 is 0 Å². The molecule has 2 aliphatic rings. The normalized spacial score (nSPS) is 29.6. The van der Waals surface area contributed by atoms with Gasteiger partial charge in [-0.2, -0.15) is 0 Å². The van der Waals surface area contributed by atoms with Crippen LogP contribution in [0.4, 0.5) is 5.82 Å². The highest BCUT2D eigenvalue weighted by Gasteiger charge is 2.31. The standard InChI is InChI=1S/C15H24N4O/c1-20-9-11-7-19(8-13(11)17)15-5-2-10-6-12(16)3-4-14(10)18-15/h2,5,11-13H,3-4,6-9,16-17H2,1H3. The molecule has 1 aromatic rings. The van der Waals surface area contributed by atoms with E-state index in [4.69, 9.17) is 21.2 Å². The van der Waals surface area contributed by atoms with Crippen LogP contribution in [0, 0.1) is 5.92 Å². The maximum Gasteiger partial charge on any atom is 0.128 e. The second kappa shape index (κ2) is 5.68. The van der Waals surface area contributed by atoms with Gasteiger partial charge in [0.05, 0.1) is 6.61 Å². The Morgan fingerprint density at radius 3 is 3.00 bits per heavy atom. The Balaban J connectivity index is 1.75. The first-order valence-corrected chi connectivity index (χ1v) is 7.41. The van der Waals surface area contributed by atoms with Crippen molar-refractivity contribution in [1.82, 2.24) is 4.98 Å². The van der Waals surface area contributed by atoms with Crippen molar-refractivity contribution < 1.29 is 4.74 Å². The maximum absolute atomic E-state index is 6.18. The Hall–Kier alpha value is -1.17. The van der Waals surface area contributed by atoms with Gasteiger partial charge < -0.3 is 21.1 Å². The predicted molar refractivity (Wildman–Crippen MR) is 79.8 cm³/mol. The van der Waals surface area contributed by atoms with Gasteiger partial charge in [0.15, 0.2) is 0 Å². The van der Waals surface area contributed by atoms with Gasteiger partial charge in [-0.3, -0.25) is 0 Å². The number of ether oxygens (including phenoxy) is 1. The van der Waals surface area contributed by atoms with Crippen LogP contribution in [0.5, 0.6) is 0 Å². The van der Waals surface area contributed by atoms with Crippen molar-refractivity contribution in [2.75, 3.05) is 31.7 Å². The number of aromatic nitrogens is 1. The molecule has 20 heavy (non-hydrogen) atoms. The number of nitrogens with zero attached hydrogens (tertiary/aromatic N) is 2. The van der Waals surface area contributed by atoms with Gasteiger partial charge in [-0.1, -0.05) is 6.07 Å². The third-order valence-corrected chi connectivity index (χ3v) is 4.48. The summed E-state index contributed by atoms with van der Waals surface area (Å²) in [4.78, 5) is 7.11. The summed E-state index contributed by atoms with van der Waals surface area (Å²) in [5, 5.41) is 0. The molecule has 0 aromatic carbocycles. The minimum absolute atomic E-state index is 0.168. The molecule has 1 aliphatic carbocycles. The summed E-state index contributed by atoms with van der Waals surface area (Å²) in [7, 11) is 1.73. The molecule has 2 heterocycles. The average molecular weight is 276 g/mol. The summed E-state index contributed by atoms with van der Waals surface area (Å²) in [6.07, 6.45) is 2.98. The number of hydrogen-bond donors (Lipinski definition) is 2. The van der Waals surface area contributed by atoms with Crippen LogP contribution >= 0.6 is 0 Å². The number of nitrogens with two attached hydrogens (primary N) is 2. The lowest BCUT2D eigenvalue weighted by molar-refractivity contribution is 0.154. The second-order valence-corrected chi connectivity index (χ2v) is 6.06. The lowest BCUT2D eigenvalue weighted by atomic mass is 9.92. The molecule has 1 saturated heterocycles. The summed E-state index contributed by atoms with van der Waals surface area (Å²) < 4.78 is 5.24. The number of anilines is 1. The van der Waals surface area contributed by atoms with Crippen molar-refractivity contribution in [1.29, 1.82) is 0 Å². The Morgan fingerprint density at radius 2 is 2.20 bits per heavy atom. The number of aryl methyl sites for hydroxylation is 1. The summed E-state index contributed by atoms with van der Waals surface area (Å²) in [6, 6.07) is 4.76. The van der Waals surface area contributed by atoms with E-state index >= 15 is 0 Å². The van der Waals surface area contributed by atoms with E-state index in [0.29, 0.717) is 12.0 Å². The first-order chi connectivity index (χ1) is 9.67. The molecule has 1 aliphatic heterocycles. The van der Waals surface area contributed by atoms with Gasteiger partial charge in [-0.25, -0.2) is 4.98 Å². The molecule has 110 valence electrons. The zero-order valence-corrected chi connectivity index (χ0v) is 12.1. The third-order valence-electron chi connectivity index (χ3n) is 4.48. The van der Waals surface area contributed by atoms with Crippen molar-refractivity contribution in [3.05, 3.63) is 23.4 Å². The average Bonchev–Trinajstić information content (AvgIpc) is 2.80. The van der Waals surface area contributed by atoms with Crippen molar-refractivity contribution in [2.24, 2.45) is 17.4 Å². The molecule has 1 fully saturated rings. The molecule has 5 nitrogen and oxygen atoms in total. The molecule has 5 heteroatoms. The summed E-state index contributed by atoms with van der Waals surface area (Å²) >= 11 is 0. The monoisotopic (exact) mass is 276 g/mol. The highest BCUT2D eigenvalue weighted by Crippen LogP contribution is 2.26. The van der Waals surface area contributed by atoms with E-state index in [9.17, 15) is 0 Å². The molecule has 0 amide bonds. The SMILES string of the molecule is COCC1CN(c2ccc3c(n2)CCC(N)C3)CC1N. The Labute approximate surface area is 120 Å². The van der Waals surface area contributed by atoms with Gasteiger partial charge in [0, 0.05) is 43.9 Å². The fraction of sp³-hybridized carbons (Fsp3) is 0.667. The van der Waals surface area contributed by atoms with Crippen LogP contribution in [0.3, 0.4) is 0 Å². The maximum atomic E-state index is 6.18. The lowest BCUT2D eigenvalue weighted by Crippen LogP contribution is -2.32. The van der Waals surface area contributed by atoms with Crippen LogP contribution in [-0.4, -0.2) is 43.9 Å². The fourth-order valence-corrected chi connectivity index (χ4v) is 3.28. The zero-order chi connectivity index (χ0) is 14.1. The highest BCUT2D eigenvalue weighted by molar-refractivity contribution is 5.44. The Bertz CT molecular complexity index is 479. The van der Waals surface area contributed by atoms with Gasteiger partial charge in [-0.15, -0.1) is 0 Å². The van der Waals surface area contributed by atoms with Crippen molar-refractivity contribution in [2.45, 2.75) is 31.3 Å². The molecule has 3 rings (SSSR count). The smallest absolute Gasteiger partial charge is 0.128 e. The molecule has 0 saturated carbocycles. The minimum Gasteiger partial charge on any atom is -0.384 e. The predicted octanol–water partition coefficient (Wildman–Crippen LogP) is 0.308. The molecular weight excluding hydrogens is 252 g/mol. The van der Waals surface area contributed by atoms with Crippen molar-refractivity contribution in [3.8, 4) is 0 Å². The molecule has 0 radical (unpaired) electrons. The second-order valence-electron chi connectivity index (χ2n) is 6.06. The van der Waals surface area contributed by atoms with E-state index < -0.39 is 0 Å². The molecule has 1 aromatic heterocycles. The Morgan fingerprint density at radius 1 is 1.35 bits per heavy atom. The van der Waals surface area contributed by atoms with Crippen LogP contribution in [0.1, 0.15) is 17.7 Å². The quantitative estimate of drug-likeness (QED) is 0.831. The Kier molecular flexibility index (Phi) is 3.92.